The summed E-state index contributed by atoms with van der Waals surface area (Å²) in [5.74, 6) is 0.424. The van der Waals surface area contributed by atoms with Gasteiger partial charge in [-0.1, -0.05) is 6.07 Å². The molecule has 32 heavy (non-hydrogen) atoms. The highest BCUT2D eigenvalue weighted by atomic mass is 16.1. The number of nitrogens with zero attached hydrogens (tertiary/aromatic N) is 5. The number of pyridine rings is 1. The summed E-state index contributed by atoms with van der Waals surface area (Å²) >= 11 is 0. The van der Waals surface area contributed by atoms with Crippen molar-refractivity contribution < 1.29 is 0 Å². The number of nitrogens with one attached hydrogen (secondary N) is 1. The molecule has 0 bridgehead atoms. The van der Waals surface area contributed by atoms with Crippen LogP contribution in [0.25, 0.3) is 16.7 Å². The number of aromatic nitrogens is 3. The van der Waals surface area contributed by atoms with E-state index in [4.69, 9.17) is 5.73 Å². The van der Waals surface area contributed by atoms with Gasteiger partial charge in [0.2, 0.25) is 5.95 Å². The van der Waals surface area contributed by atoms with Crippen LogP contribution < -0.4 is 21.5 Å². The van der Waals surface area contributed by atoms with Gasteiger partial charge >= 0.3 is 0 Å². The molecule has 5 rings (SSSR count). The Balaban J connectivity index is 1.44. The average Bonchev–Trinajstić information content (AvgIpc) is 2.80. The first kappa shape index (κ1) is 20.0. The standard InChI is InChI=1S/C24H25N7O/c1-29-11-13-30(14-12-29)20-8-6-19(7-9-20)27-24-26-16-17-5-10-22(32)31(23(17)28-24)21-4-2-3-18(25)15-21/h2-10,15-16H,11-14,25H2,1H3,(H,26,27,28). The van der Waals surface area contributed by atoms with E-state index in [0.29, 0.717) is 23.0 Å². The second-order valence-electron chi connectivity index (χ2n) is 8.04. The Labute approximate surface area is 185 Å². The molecule has 2 aromatic heterocycles. The van der Waals surface area contributed by atoms with Crippen LogP contribution in [0.4, 0.5) is 23.0 Å². The highest BCUT2D eigenvalue weighted by Crippen LogP contribution is 2.22. The maximum atomic E-state index is 12.7. The summed E-state index contributed by atoms with van der Waals surface area (Å²) in [6.45, 7) is 4.19. The highest BCUT2D eigenvalue weighted by molar-refractivity contribution is 5.77. The van der Waals surface area contributed by atoms with Crippen LogP contribution in [0.5, 0.6) is 0 Å². The number of hydrogen-bond donors (Lipinski definition) is 2. The second kappa shape index (κ2) is 8.32. The summed E-state index contributed by atoms with van der Waals surface area (Å²) in [6.07, 6.45) is 1.71. The molecule has 0 spiro atoms. The van der Waals surface area contributed by atoms with Crippen LogP contribution >= 0.6 is 0 Å². The van der Waals surface area contributed by atoms with Gasteiger partial charge in [-0.05, 0) is 55.6 Å². The predicted molar refractivity (Wildman–Crippen MR) is 129 cm³/mol. The fourth-order valence-corrected chi connectivity index (χ4v) is 3.94. The van der Waals surface area contributed by atoms with Crippen LogP contribution in [0.1, 0.15) is 0 Å². The third-order valence-electron chi connectivity index (χ3n) is 5.75. The van der Waals surface area contributed by atoms with Gasteiger partial charge in [0.1, 0.15) is 0 Å². The van der Waals surface area contributed by atoms with Crippen molar-refractivity contribution in [2.24, 2.45) is 0 Å². The molecule has 0 radical (unpaired) electrons. The van der Waals surface area contributed by atoms with Crippen molar-refractivity contribution in [2.45, 2.75) is 0 Å². The van der Waals surface area contributed by atoms with Crippen molar-refractivity contribution >= 4 is 34.0 Å². The number of fused-ring (bicyclic) bond motifs is 1. The van der Waals surface area contributed by atoms with Crippen LogP contribution in [0, 0.1) is 0 Å². The Morgan fingerprint density at radius 1 is 0.938 bits per heavy atom. The number of likely N-dealkylation sites (N-methyl/N-ethyl adjacent to an activating group) is 1. The second-order valence-corrected chi connectivity index (χ2v) is 8.04. The van der Waals surface area contributed by atoms with Gasteiger partial charge in [0.05, 0.1) is 5.69 Å². The minimum Gasteiger partial charge on any atom is -0.399 e. The molecule has 1 aliphatic rings. The monoisotopic (exact) mass is 427 g/mol. The fraction of sp³-hybridized carbons (Fsp3) is 0.208. The van der Waals surface area contributed by atoms with Crippen LogP contribution in [-0.2, 0) is 0 Å². The molecular formula is C24H25N7O. The van der Waals surface area contributed by atoms with Gasteiger partial charge in [-0.15, -0.1) is 0 Å². The minimum absolute atomic E-state index is 0.177. The average molecular weight is 428 g/mol. The van der Waals surface area contributed by atoms with Crippen molar-refractivity contribution in [3.8, 4) is 5.69 Å². The molecule has 0 unspecified atom stereocenters. The Morgan fingerprint density at radius 2 is 1.72 bits per heavy atom. The number of rotatable bonds is 4. The van der Waals surface area contributed by atoms with Crippen LogP contribution in [0.15, 0.2) is 71.7 Å². The van der Waals surface area contributed by atoms with Crippen molar-refractivity contribution in [3.05, 3.63) is 77.2 Å². The van der Waals surface area contributed by atoms with Gasteiger partial charge in [-0.2, -0.15) is 4.98 Å². The first-order valence-corrected chi connectivity index (χ1v) is 10.6. The molecule has 0 amide bonds. The zero-order valence-corrected chi connectivity index (χ0v) is 17.9. The molecule has 8 nitrogen and oxygen atoms in total. The van der Waals surface area contributed by atoms with Gasteiger partial charge < -0.3 is 20.9 Å². The van der Waals surface area contributed by atoms with E-state index < -0.39 is 0 Å². The molecule has 3 N–H and O–H groups in total. The van der Waals surface area contributed by atoms with Gasteiger partial charge in [0.15, 0.2) is 5.65 Å². The van der Waals surface area contributed by atoms with E-state index in [1.807, 2.05) is 24.3 Å². The lowest BCUT2D eigenvalue weighted by Crippen LogP contribution is -2.44. The third kappa shape index (κ3) is 4.00. The molecular weight excluding hydrogens is 402 g/mol. The Kier molecular flexibility index (Phi) is 5.20. The van der Waals surface area contributed by atoms with E-state index in [1.165, 1.54) is 11.8 Å². The van der Waals surface area contributed by atoms with Crippen LogP contribution in [0.3, 0.4) is 0 Å². The fourth-order valence-electron chi connectivity index (χ4n) is 3.94. The lowest BCUT2D eigenvalue weighted by molar-refractivity contribution is 0.313. The van der Waals surface area contributed by atoms with E-state index in [1.54, 1.807) is 29.0 Å². The molecule has 1 fully saturated rings. The maximum absolute atomic E-state index is 12.7. The third-order valence-corrected chi connectivity index (χ3v) is 5.75. The zero-order chi connectivity index (χ0) is 22.1. The topological polar surface area (TPSA) is 92.3 Å². The number of benzene rings is 2. The first-order chi connectivity index (χ1) is 15.6. The summed E-state index contributed by atoms with van der Waals surface area (Å²) in [5, 5.41) is 4.02. The van der Waals surface area contributed by atoms with Crippen molar-refractivity contribution in [3.63, 3.8) is 0 Å². The molecule has 0 aliphatic carbocycles. The largest absolute Gasteiger partial charge is 0.399 e. The minimum atomic E-state index is -0.177. The maximum Gasteiger partial charge on any atom is 0.256 e. The summed E-state index contributed by atoms with van der Waals surface area (Å²) in [4.78, 5) is 26.5. The molecule has 1 aliphatic heterocycles. The van der Waals surface area contributed by atoms with Gasteiger partial charge in [-0.25, -0.2) is 4.98 Å². The molecule has 1 saturated heterocycles. The molecule has 0 atom stereocenters. The highest BCUT2D eigenvalue weighted by Gasteiger charge is 2.14. The first-order valence-electron chi connectivity index (χ1n) is 10.6. The summed E-state index contributed by atoms with van der Waals surface area (Å²) in [7, 11) is 2.15. The van der Waals surface area contributed by atoms with E-state index in [9.17, 15) is 4.79 Å². The van der Waals surface area contributed by atoms with E-state index >= 15 is 0 Å². The van der Waals surface area contributed by atoms with Gasteiger partial charge in [0, 0.05) is 60.9 Å². The normalized spacial score (nSPS) is 14.6. The van der Waals surface area contributed by atoms with E-state index in [2.05, 4.69) is 44.3 Å². The summed E-state index contributed by atoms with van der Waals surface area (Å²) in [5.41, 5.74) is 9.62. The Morgan fingerprint density at radius 3 is 2.47 bits per heavy atom. The zero-order valence-electron chi connectivity index (χ0n) is 17.9. The summed E-state index contributed by atoms with van der Waals surface area (Å²) < 4.78 is 1.55. The van der Waals surface area contributed by atoms with Crippen molar-refractivity contribution in [1.29, 1.82) is 0 Å². The number of piperazine rings is 1. The lowest BCUT2D eigenvalue weighted by Gasteiger charge is -2.34. The molecule has 3 heterocycles. The van der Waals surface area contributed by atoms with Crippen LogP contribution in [0.2, 0.25) is 0 Å². The van der Waals surface area contributed by atoms with Gasteiger partial charge in [0.25, 0.3) is 5.56 Å². The quantitative estimate of drug-likeness (QED) is 0.484. The molecule has 4 aromatic rings. The SMILES string of the molecule is CN1CCN(c2ccc(Nc3ncc4ccc(=O)n(-c5cccc(N)c5)c4n3)cc2)CC1. The van der Waals surface area contributed by atoms with Crippen molar-refractivity contribution in [1.82, 2.24) is 19.4 Å². The summed E-state index contributed by atoms with van der Waals surface area (Å²) in [6, 6.07) is 18.7. The Bertz CT molecular complexity index is 1310. The Hall–Kier alpha value is -3.91. The van der Waals surface area contributed by atoms with Crippen LogP contribution in [-0.4, -0.2) is 52.7 Å². The van der Waals surface area contributed by atoms with Crippen molar-refractivity contribution in [2.75, 3.05) is 49.2 Å². The molecule has 8 heteroatoms. The molecule has 2 aromatic carbocycles. The smallest absolute Gasteiger partial charge is 0.256 e. The van der Waals surface area contributed by atoms with Gasteiger partial charge in [-0.3, -0.25) is 9.36 Å². The number of nitrogens with two attached hydrogens (primary N) is 1. The predicted octanol–water partition coefficient (Wildman–Crippen LogP) is 2.86. The lowest BCUT2D eigenvalue weighted by atomic mass is 10.2. The molecule has 0 saturated carbocycles. The van der Waals surface area contributed by atoms with E-state index in [-0.39, 0.29) is 5.56 Å². The van der Waals surface area contributed by atoms with E-state index in [0.717, 1.165) is 37.3 Å². The number of nitrogen functional groups attached to an aromatic ring is 1. The molecule has 162 valence electrons. The number of anilines is 4. The number of hydrogen-bond acceptors (Lipinski definition) is 7.